The SMILES string of the molecule is [2H]c1c([2H])c(CC([2H])([2H])N(CCC)CCC)c2c(c1[2H])NC(=O)C2([2H])[2H]. The highest BCUT2D eigenvalue weighted by Crippen LogP contribution is 2.26. The van der Waals surface area contributed by atoms with Crippen molar-refractivity contribution >= 4 is 11.6 Å². The normalized spacial score (nSPS) is 22.5. The molecule has 1 aromatic carbocycles. The van der Waals surface area contributed by atoms with Gasteiger partial charge in [-0.3, -0.25) is 4.79 Å². The minimum Gasteiger partial charge on any atom is -0.326 e. The zero-order valence-electron chi connectivity index (χ0n) is 18.4. The van der Waals surface area contributed by atoms with E-state index >= 15 is 0 Å². The molecule has 3 heteroatoms. The van der Waals surface area contributed by atoms with E-state index in [1.165, 1.54) is 0 Å². The maximum atomic E-state index is 12.0. The number of carbonyl (C=O) groups excluding carboxylic acids is 1. The van der Waals surface area contributed by atoms with E-state index in [4.69, 9.17) is 9.60 Å². The summed E-state index contributed by atoms with van der Waals surface area (Å²) >= 11 is 0. The Morgan fingerprint density at radius 2 is 2.16 bits per heavy atom. The molecule has 0 atom stereocenters. The van der Waals surface area contributed by atoms with Crippen LogP contribution in [-0.4, -0.2) is 30.4 Å². The second-order valence-electron chi connectivity index (χ2n) is 4.50. The molecule has 1 aliphatic rings. The minimum absolute atomic E-state index is 0.0217. The number of amides is 1. The first-order chi connectivity index (χ1) is 12.0. The van der Waals surface area contributed by atoms with Crippen LogP contribution in [0.15, 0.2) is 18.1 Å². The Hall–Kier alpha value is -1.35. The average molecular weight is 267 g/mol. The quantitative estimate of drug-likeness (QED) is 0.824. The Kier molecular flexibility index (Phi) is 2.63. The van der Waals surface area contributed by atoms with Gasteiger partial charge in [0.1, 0.15) is 0 Å². The van der Waals surface area contributed by atoms with Crippen LogP contribution in [0, 0.1) is 0 Å². The van der Waals surface area contributed by atoms with Crippen LogP contribution in [0.5, 0.6) is 0 Å². The van der Waals surface area contributed by atoms with E-state index in [1.54, 1.807) is 4.90 Å². The van der Waals surface area contributed by atoms with E-state index in [0.29, 0.717) is 13.1 Å². The summed E-state index contributed by atoms with van der Waals surface area (Å²) in [6.07, 6.45) is -1.31. The lowest BCUT2D eigenvalue weighted by Crippen LogP contribution is -2.28. The van der Waals surface area contributed by atoms with Gasteiger partial charge in [-0.15, -0.1) is 0 Å². The second kappa shape index (κ2) is 6.71. The lowest BCUT2D eigenvalue weighted by molar-refractivity contribution is -0.115. The maximum absolute atomic E-state index is 12.0. The molecule has 0 radical (unpaired) electrons. The van der Waals surface area contributed by atoms with Crippen LogP contribution in [0.3, 0.4) is 0 Å². The highest BCUT2D eigenvalue weighted by Gasteiger charge is 2.20. The van der Waals surface area contributed by atoms with E-state index in [1.807, 2.05) is 13.8 Å². The minimum atomic E-state index is -2.46. The standard InChI is InChI=1S/C16H24N2O/c1-3-9-18(10-4-2)11-8-13-6-5-7-15-14(13)12-16(19)17-15/h5-7H,3-4,8-12H2,1-2H3,(H,17,19)/i5D,6D,7D,11D2,12D2. The third-order valence-electron chi connectivity index (χ3n) is 2.90. The van der Waals surface area contributed by atoms with Gasteiger partial charge in [-0.25, -0.2) is 0 Å². The number of hydrogen-bond acceptors (Lipinski definition) is 2. The molecule has 0 spiro atoms. The van der Waals surface area contributed by atoms with Gasteiger partial charge in [-0.05, 0) is 49.5 Å². The molecule has 0 aliphatic carbocycles. The predicted molar refractivity (Wildman–Crippen MR) is 79.5 cm³/mol. The Morgan fingerprint density at radius 3 is 2.84 bits per heavy atom. The number of anilines is 1. The van der Waals surface area contributed by atoms with Crippen LogP contribution in [0.2, 0.25) is 0 Å². The van der Waals surface area contributed by atoms with Crippen molar-refractivity contribution < 1.29 is 14.4 Å². The van der Waals surface area contributed by atoms with E-state index in [2.05, 4.69) is 5.32 Å². The summed E-state index contributed by atoms with van der Waals surface area (Å²) in [7, 11) is 0. The molecule has 0 aromatic heterocycles. The van der Waals surface area contributed by atoms with Crippen molar-refractivity contribution in [3.8, 4) is 0 Å². The summed E-state index contributed by atoms with van der Waals surface area (Å²) in [5.74, 6) is -0.952. The Morgan fingerprint density at radius 1 is 1.42 bits per heavy atom. The highest BCUT2D eigenvalue weighted by atomic mass is 16.1. The fraction of sp³-hybridized carbons (Fsp3) is 0.562. The molecule has 1 aromatic rings. The molecule has 1 amide bonds. The number of hydrogen-bond donors (Lipinski definition) is 1. The van der Waals surface area contributed by atoms with E-state index in [-0.39, 0.29) is 23.2 Å². The van der Waals surface area contributed by atoms with Gasteiger partial charge in [-0.2, -0.15) is 0 Å². The van der Waals surface area contributed by atoms with Gasteiger partial charge in [0.15, 0.2) is 0 Å². The van der Waals surface area contributed by atoms with Gasteiger partial charge < -0.3 is 10.2 Å². The molecule has 1 aliphatic heterocycles. The van der Waals surface area contributed by atoms with Crippen molar-refractivity contribution in [2.75, 3.05) is 24.9 Å². The van der Waals surface area contributed by atoms with Crippen molar-refractivity contribution in [2.45, 2.75) is 39.5 Å². The smallest absolute Gasteiger partial charge is 0.228 e. The molecule has 104 valence electrons. The van der Waals surface area contributed by atoms with Crippen molar-refractivity contribution in [3.05, 3.63) is 29.3 Å². The molecular weight excluding hydrogens is 236 g/mol. The summed E-state index contributed by atoms with van der Waals surface area (Å²) < 4.78 is 57.1. The molecule has 0 fully saturated rings. The third kappa shape index (κ3) is 3.57. The van der Waals surface area contributed by atoms with Crippen LogP contribution in [-0.2, 0) is 17.6 Å². The van der Waals surface area contributed by atoms with Crippen molar-refractivity contribution in [1.29, 1.82) is 0 Å². The summed E-state index contributed by atoms with van der Waals surface area (Å²) in [6, 6.07) is -1.25. The van der Waals surface area contributed by atoms with Gasteiger partial charge >= 0.3 is 0 Å². The number of fused-ring (bicyclic) bond motifs is 1. The molecular formula is C16H24N2O. The van der Waals surface area contributed by atoms with Crippen LogP contribution in [0.25, 0.3) is 0 Å². The lowest BCUT2D eigenvalue weighted by Gasteiger charge is -2.21. The number of benzene rings is 1. The fourth-order valence-corrected chi connectivity index (χ4v) is 2.07. The molecule has 3 nitrogen and oxygen atoms in total. The molecule has 1 heterocycles. The van der Waals surface area contributed by atoms with Gasteiger partial charge in [-0.1, -0.05) is 25.9 Å². The molecule has 0 bridgehead atoms. The Bertz CT molecular complexity index is 715. The molecule has 2 rings (SSSR count). The number of rotatable bonds is 7. The molecule has 19 heavy (non-hydrogen) atoms. The second-order valence-corrected chi connectivity index (χ2v) is 4.50. The first-order valence-electron chi connectivity index (χ1n) is 10.2. The van der Waals surface area contributed by atoms with Crippen molar-refractivity contribution in [1.82, 2.24) is 4.90 Å². The van der Waals surface area contributed by atoms with Crippen LogP contribution in [0.1, 0.15) is 47.4 Å². The summed E-state index contributed by atoms with van der Waals surface area (Å²) in [4.78, 5) is 13.6. The van der Waals surface area contributed by atoms with Gasteiger partial charge in [0.2, 0.25) is 5.91 Å². The first kappa shape index (κ1) is 7.44. The Labute approximate surface area is 125 Å². The summed E-state index contributed by atoms with van der Waals surface area (Å²) in [5, 5.41) is 2.29. The van der Waals surface area contributed by atoms with E-state index < -0.39 is 36.9 Å². The highest BCUT2D eigenvalue weighted by molar-refractivity contribution is 5.99. The van der Waals surface area contributed by atoms with Crippen molar-refractivity contribution in [2.24, 2.45) is 0 Å². The molecule has 0 saturated carbocycles. The van der Waals surface area contributed by atoms with Crippen molar-refractivity contribution in [3.63, 3.8) is 0 Å². The monoisotopic (exact) mass is 267 g/mol. The molecule has 1 N–H and O–H groups in total. The number of nitrogens with one attached hydrogen (secondary N) is 1. The largest absolute Gasteiger partial charge is 0.326 e. The Balaban J connectivity index is 2.59. The number of carbonyl (C=O) groups is 1. The predicted octanol–water partition coefficient (Wildman–Crippen LogP) is 2.85. The summed E-state index contributed by atoms with van der Waals surface area (Å²) in [6.45, 7) is 3.01. The maximum Gasteiger partial charge on any atom is 0.228 e. The fourth-order valence-electron chi connectivity index (χ4n) is 2.07. The zero-order chi connectivity index (χ0) is 19.9. The van der Waals surface area contributed by atoms with Crippen LogP contribution in [0.4, 0.5) is 5.69 Å². The van der Waals surface area contributed by atoms with Gasteiger partial charge in [0, 0.05) is 17.7 Å². The van der Waals surface area contributed by atoms with Crippen LogP contribution < -0.4 is 5.32 Å². The topological polar surface area (TPSA) is 32.3 Å². The van der Waals surface area contributed by atoms with E-state index in [0.717, 1.165) is 12.8 Å². The third-order valence-corrected chi connectivity index (χ3v) is 2.90. The number of nitrogens with zero attached hydrogens (tertiary/aromatic N) is 1. The lowest BCUT2D eigenvalue weighted by atomic mass is 10.0. The van der Waals surface area contributed by atoms with Gasteiger partial charge in [0.05, 0.1) is 10.5 Å². The zero-order valence-corrected chi connectivity index (χ0v) is 11.4. The average Bonchev–Trinajstić information content (AvgIpc) is 2.79. The molecule has 0 unspecified atom stereocenters. The molecule has 0 saturated heterocycles. The van der Waals surface area contributed by atoms with Crippen LogP contribution >= 0.6 is 0 Å². The summed E-state index contributed by atoms with van der Waals surface area (Å²) in [5.41, 5.74) is -0.318. The first-order valence-corrected chi connectivity index (χ1v) is 6.68. The van der Waals surface area contributed by atoms with E-state index in [9.17, 15) is 4.79 Å². The van der Waals surface area contributed by atoms with Gasteiger partial charge in [0.25, 0.3) is 0 Å².